The van der Waals surface area contributed by atoms with Gasteiger partial charge in [0.1, 0.15) is 6.61 Å². The van der Waals surface area contributed by atoms with Crippen molar-refractivity contribution in [2.45, 2.75) is 24.8 Å². The first-order chi connectivity index (χ1) is 13.4. The van der Waals surface area contributed by atoms with Gasteiger partial charge in [-0.25, -0.2) is 17.9 Å². The van der Waals surface area contributed by atoms with Gasteiger partial charge in [-0.2, -0.15) is 0 Å². The number of nitrogens with one attached hydrogen (secondary N) is 1. The summed E-state index contributed by atoms with van der Waals surface area (Å²) in [6.45, 7) is 3.02. The Balaban J connectivity index is 1.67. The highest BCUT2D eigenvalue weighted by molar-refractivity contribution is 7.89. The third kappa shape index (κ3) is 4.76. The Bertz CT molecular complexity index is 959. The number of esters is 1. The maximum absolute atomic E-state index is 12.3. The van der Waals surface area contributed by atoms with Crippen molar-refractivity contribution in [1.82, 2.24) is 4.72 Å². The maximum Gasteiger partial charge on any atom is 0.338 e. The summed E-state index contributed by atoms with van der Waals surface area (Å²) >= 11 is 6.23. The van der Waals surface area contributed by atoms with Crippen LogP contribution < -0.4 is 14.2 Å². The lowest BCUT2D eigenvalue weighted by Gasteiger charge is -2.12. The van der Waals surface area contributed by atoms with Gasteiger partial charge in [0.25, 0.3) is 0 Å². The first-order valence-corrected chi connectivity index (χ1v) is 10.6. The van der Waals surface area contributed by atoms with Crippen molar-refractivity contribution in [3.8, 4) is 11.5 Å². The normalized spacial score (nSPS) is 13.6. The number of carbonyl (C=O) groups excluding carboxylic acids is 1. The smallest absolute Gasteiger partial charge is 0.338 e. The van der Waals surface area contributed by atoms with E-state index in [9.17, 15) is 13.2 Å². The van der Waals surface area contributed by atoms with Crippen LogP contribution in [0.1, 0.15) is 29.3 Å². The SMILES string of the molecule is CCNS(=O)(=O)c1ccc(C(=O)OCc2cc(Cl)c3c(c2)OCCCO3)cc1. The van der Waals surface area contributed by atoms with Gasteiger partial charge >= 0.3 is 5.97 Å². The molecule has 0 unspecified atom stereocenters. The zero-order valence-corrected chi connectivity index (χ0v) is 16.8. The van der Waals surface area contributed by atoms with Gasteiger partial charge in [0.05, 0.1) is 28.7 Å². The van der Waals surface area contributed by atoms with Crippen LogP contribution in [0.15, 0.2) is 41.3 Å². The third-order valence-corrected chi connectivity index (χ3v) is 5.81. The summed E-state index contributed by atoms with van der Waals surface area (Å²) in [5, 5.41) is 0.392. The summed E-state index contributed by atoms with van der Waals surface area (Å²) in [7, 11) is -3.57. The highest BCUT2D eigenvalue weighted by Gasteiger charge is 2.17. The number of carbonyl (C=O) groups is 1. The van der Waals surface area contributed by atoms with Crippen molar-refractivity contribution in [1.29, 1.82) is 0 Å². The Morgan fingerprint density at radius 3 is 2.61 bits per heavy atom. The maximum atomic E-state index is 12.3. The highest BCUT2D eigenvalue weighted by atomic mass is 35.5. The minimum atomic E-state index is -3.57. The number of ether oxygens (including phenoxy) is 3. The van der Waals surface area contributed by atoms with Gasteiger partial charge in [-0.1, -0.05) is 18.5 Å². The predicted octanol–water partition coefficient (Wildman–Crippen LogP) is 3.16. The summed E-state index contributed by atoms with van der Waals surface area (Å²) in [5.74, 6) is 0.441. The van der Waals surface area contributed by atoms with E-state index >= 15 is 0 Å². The minimum Gasteiger partial charge on any atom is -0.489 e. The highest BCUT2D eigenvalue weighted by Crippen LogP contribution is 2.38. The molecule has 0 bridgehead atoms. The summed E-state index contributed by atoms with van der Waals surface area (Å²) in [6.07, 6.45) is 0.759. The molecule has 150 valence electrons. The van der Waals surface area contributed by atoms with Gasteiger partial charge in [-0.15, -0.1) is 0 Å². The number of rotatable bonds is 6. The van der Waals surface area contributed by atoms with Crippen LogP contribution in [0.25, 0.3) is 0 Å². The van der Waals surface area contributed by atoms with Crippen molar-refractivity contribution < 1.29 is 27.4 Å². The summed E-state index contributed by atoms with van der Waals surface area (Å²) in [6, 6.07) is 8.93. The fourth-order valence-corrected chi connectivity index (χ4v) is 3.97. The van der Waals surface area contributed by atoms with Crippen LogP contribution in [0.4, 0.5) is 0 Å². The molecule has 0 radical (unpaired) electrons. The van der Waals surface area contributed by atoms with E-state index in [1.54, 1.807) is 19.1 Å². The van der Waals surface area contributed by atoms with Gasteiger partial charge in [0, 0.05) is 13.0 Å². The largest absolute Gasteiger partial charge is 0.489 e. The Morgan fingerprint density at radius 2 is 1.89 bits per heavy atom. The molecular weight excluding hydrogens is 406 g/mol. The van der Waals surface area contributed by atoms with E-state index in [4.69, 9.17) is 25.8 Å². The van der Waals surface area contributed by atoms with E-state index < -0.39 is 16.0 Å². The van der Waals surface area contributed by atoms with Crippen molar-refractivity contribution in [3.05, 3.63) is 52.5 Å². The van der Waals surface area contributed by atoms with Crippen molar-refractivity contribution in [2.24, 2.45) is 0 Å². The van der Waals surface area contributed by atoms with Crippen molar-refractivity contribution >= 4 is 27.6 Å². The monoisotopic (exact) mass is 425 g/mol. The van der Waals surface area contributed by atoms with Gasteiger partial charge in [-0.05, 0) is 42.0 Å². The second-order valence-corrected chi connectivity index (χ2v) is 8.23. The molecule has 0 atom stereocenters. The zero-order chi connectivity index (χ0) is 20.1. The van der Waals surface area contributed by atoms with Crippen LogP contribution in [0.2, 0.25) is 5.02 Å². The Kier molecular flexibility index (Phi) is 6.43. The number of sulfonamides is 1. The predicted molar refractivity (Wildman–Crippen MR) is 103 cm³/mol. The molecule has 0 fully saturated rings. The fourth-order valence-electron chi connectivity index (χ4n) is 2.64. The van der Waals surface area contributed by atoms with E-state index in [2.05, 4.69) is 4.72 Å². The molecule has 2 aromatic carbocycles. The number of hydrogen-bond donors (Lipinski definition) is 1. The molecule has 0 saturated heterocycles. The molecule has 1 aliphatic rings. The molecule has 9 heteroatoms. The van der Waals surface area contributed by atoms with Gasteiger partial charge in [0.15, 0.2) is 11.5 Å². The summed E-state index contributed by atoms with van der Waals surface area (Å²) < 4.78 is 42.7. The molecule has 0 aliphatic carbocycles. The molecule has 7 nitrogen and oxygen atoms in total. The third-order valence-electron chi connectivity index (χ3n) is 3.97. The van der Waals surface area contributed by atoms with Crippen LogP contribution in [-0.4, -0.2) is 34.1 Å². The van der Waals surface area contributed by atoms with E-state index in [1.165, 1.54) is 24.3 Å². The number of halogens is 1. The lowest BCUT2D eigenvalue weighted by atomic mass is 10.2. The number of hydrogen-bond acceptors (Lipinski definition) is 6. The number of benzene rings is 2. The molecular formula is C19H20ClNO6S. The standard InChI is InChI=1S/C19H20ClNO6S/c1-2-21-28(23,24)15-6-4-14(5-7-15)19(22)27-12-13-10-16(20)18-17(11-13)25-8-3-9-26-18/h4-7,10-11,21H,2-3,8-9,12H2,1H3. The van der Waals surface area contributed by atoms with E-state index in [0.29, 0.717) is 35.3 Å². The molecule has 1 heterocycles. The molecule has 0 saturated carbocycles. The van der Waals surface area contributed by atoms with E-state index in [1.807, 2.05) is 0 Å². The first-order valence-electron chi connectivity index (χ1n) is 8.75. The Morgan fingerprint density at radius 1 is 1.18 bits per heavy atom. The van der Waals surface area contributed by atoms with Crippen molar-refractivity contribution in [3.63, 3.8) is 0 Å². The minimum absolute atomic E-state index is 0.00731. The van der Waals surface area contributed by atoms with E-state index in [0.717, 1.165) is 6.42 Å². The van der Waals surface area contributed by atoms with Crippen LogP contribution in [0, 0.1) is 0 Å². The van der Waals surface area contributed by atoms with E-state index in [-0.39, 0.29) is 23.6 Å². The first kappa shape index (κ1) is 20.4. The van der Waals surface area contributed by atoms with Crippen LogP contribution in [0.5, 0.6) is 11.5 Å². The van der Waals surface area contributed by atoms with Crippen LogP contribution in [0.3, 0.4) is 0 Å². The quantitative estimate of drug-likeness (QED) is 0.715. The molecule has 0 spiro atoms. The molecule has 0 amide bonds. The van der Waals surface area contributed by atoms with Crippen molar-refractivity contribution in [2.75, 3.05) is 19.8 Å². The molecule has 1 aliphatic heterocycles. The number of fused-ring (bicyclic) bond motifs is 1. The van der Waals surface area contributed by atoms with Gasteiger partial charge in [0.2, 0.25) is 10.0 Å². The average Bonchev–Trinajstić information content (AvgIpc) is 2.92. The average molecular weight is 426 g/mol. The second-order valence-electron chi connectivity index (χ2n) is 6.06. The molecule has 2 aromatic rings. The van der Waals surface area contributed by atoms with Crippen LogP contribution >= 0.6 is 11.6 Å². The van der Waals surface area contributed by atoms with Gasteiger partial charge < -0.3 is 14.2 Å². The van der Waals surface area contributed by atoms with Crippen LogP contribution in [-0.2, 0) is 21.4 Å². The lowest BCUT2D eigenvalue weighted by Crippen LogP contribution is -2.23. The topological polar surface area (TPSA) is 90.9 Å². The van der Waals surface area contributed by atoms with Gasteiger partial charge in [-0.3, -0.25) is 0 Å². The summed E-state index contributed by atoms with van der Waals surface area (Å²) in [4.78, 5) is 12.3. The molecule has 3 rings (SSSR count). The summed E-state index contributed by atoms with van der Waals surface area (Å²) in [5.41, 5.74) is 0.907. The Hall–Kier alpha value is -2.29. The molecule has 0 aromatic heterocycles. The molecule has 28 heavy (non-hydrogen) atoms. The molecule has 1 N–H and O–H groups in total. The second kappa shape index (κ2) is 8.81. The lowest BCUT2D eigenvalue weighted by molar-refractivity contribution is 0.0472. The zero-order valence-electron chi connectivity index (χ0n) is 15.2. The fraction of sp³-hybridized carbons (Fsp3) is 0.316. The Labute approximate surface area is 168 Å².